The van der Waals surface area contributed by atoms with E-state index in [-0.39, 0.29) is 5.41 Å². The van der Waals surface area contributed by atoms with Crippen LogP contribution in [0.25, 0.3) is 0 Å². The van der Waals surface area contributed by atoms with Crippen LogP contribution in [0.3, 0.4) is 0 Å². The predicted octanol–water partition coefficient (Wildman–Crippen LogP) is 6.35. The van der Waals surface area contributed by atoms with Crippen molar-refractivity contribution in [1.82, 2.24) is 9.97 Å². The zero-order valence-electron chi connectivity index (χ0n) is 16.2. The van der Waals surface area contributed by atoms with Crippen LogP contribution in [0, 0.1) is 16.7 Å². The largest absolute Gasteiger partial charge is 0.348 e. The van der Waals surface area contributed by atoms with Gasteiger partial charge in [0, 0.05) is 17.8 Å². The fourth-order valence-corrected chi connectivity index (χ4v) is 5.33. The van der Waals surface area contributed by atoms with Crippen molar-refractivity contribution in [2.75, 3.05) is 0 Å². The van der Waals surface area contributed by atoms with Gasteiger partial charge in [-0.25, -0.2) is 4.98 Å². The highest BCUT2D eigenvalue weighted by atomic mass is 14.9. The molecule has 1 aromatic heterocycles. The Labute approximate surface area is 138 Å². The van der Waals surface area contributed by atoms with E-state index in [2.05, 4.69) is 65.4 Å². The number of hydrogen-bond donors (Lipinski definition) is 1. The number of H-pyrrole nitrogens is 1. The van der Waals surface area contributed by atoms with Gasteiger partial charge in [0.15, 0.2) is 0 Å². The second-order valence-electron chi connectivity index (χ2n) is 8.92. The van der Waals surface area contributed by atoms with E-state index in [9.17, 15) is 0 Å². The van der Waals surface area contributed by atoms with Gasteiger partial charge in [-0.3, -0.25) is 0 Å². The van der Waals surface area contributed by atoms with Crippen molar-refractivity contribution in [3.05, 3.63) is 18.2 Å². The van der Waals surface area contributed by atoms with Crippen molar-refractivity contribution >= 4 is 0 Å². The summed E-state index contributed by atoms with van der Waals surface area (Å²) in [5.74, 6) is 1.71. The fourth-order valence-electron chi connectivity index (χ4n) is 5.33. The molecule has 0 aliphatic carbocycles. The first-order valence-corrected chi connectivity index (χ1v) is 9.09. The summed E-state index contributed by atoms with van der Waals surface area (Å²) in [5.41, 5.74) is 0.632. The van der Waals surface area contributed by atoms with Crippen LogP contribution in [0.5, 0.6) is 0 Å². The maximum atomic E-state index is 4.62. The van der Waals surface area contributed by atoms with Gasteiger partial charge in [0.1, 0.15) is 5.82 Å². The third-order valence-electron chi connectivity index (χ3n) is 5.46. The van der Waals surface area contributed by atoms with Crippen molar-refractivity contribution in [2.45, 2.75) is 92.9 Å². The van der Waals surface area contributed by atoms with E-state index >= 15 is 0 Å². The van der Waals surface area contributed by atoms with E-state index in [0.717, 1.165) is 5.82 Å². The minimum atomic E-state index is 0.0411. The molecule has 0 spiro atoms. The molecular formula is C20H38N2. The summed E-state index contributed by atoms with van der Waals surface area (Å²) in [6.07, 6.45) is 10.2. The highest BCUT2D eigenvalue weighted by molar-refractivity contribution is 5.12. The van der Waals surface area contributed by atoms with Crippen LogP contribution in [0.2, 0.25) is 0 Å². The maximum absolute atomic E-state index is 4.62. The second kappa shape index (κ2) is 7.19. The van der Waals surface area contributed by atoms with Crippen LogP contribution in [0.4, 0.5) is 0 Å². The standard InChI is InChI=1S/C20H38N2/c1-9-11-13-19(5,6)16(18(3,4)12-10-2)20(7,8)17-21-14-15-22-17/h14-16H,9-13H2,1-8H3,(H,21,22). The average Bonchev–Trinajstić information content (AvgIpc) is 2.89. The van der Waals surface area contributed by atoms with Gasteiger partial charge < -0.3 is 4.98 Å². The molecule has 2 nitrogen and oxygen atoms in total. The van der Waals surface area contributed by atoms with E-state index in [0.29, 0.717) is 16.7 Å². The molecule has 0 fully saturated rings. The van der Waals surface area contributed by atoms with Crippen molar-refractivity contribution in [2.24, 2.45) is 16.7 Å². The lowest BCUT2D eigenvalue weighted by Gasteiger charge is -2.52. The number of aromatic nitrogens is 2. The fraction of sp³-hybridized carbons (Fsp3) is 0.850. The van der Waals surface area contributed by atoms with E-state index in [4.69, 9.17) is 0 Å². The molecule has 0 radical (unpaired) electrons. The molecule has 0 aliphatic heterocycles. The summed E-state index contributed by atoms with van der Waals surface area (Å²) >= 11 is 0. The average molecular weight is 307 g/mol. The van der Waals surface area contributed by atoms with Gasteiger partial charge in [0.2, 0.25) is 0 Å². The number of aromatic amines is 1. The third-order valence-corrected chi connectivity index (χ3v) is 5.46. The molecule has 2 heteroatoms. The number of nitrogens with one attached hydrogen (secondary N) is 1. The first-order valence-electron chi connectivity index (χ1n) is 9.09. The minimum Gasteiger partial charge on any atom is -0.348 e. The van der Waals surface area contributed by atoms with E-state index < -0.39 is 0 Å². The predicted molar refractivity (Wildman–Crippen MR) is 97.1 cm³/mol. The summed E-state index contributed by atoms with van der Waals surface area (Å²) in [6, 6.07) is 0. The van der Waals surface area contributed by atoms with Crippen LogP contribution in [0.1, 0.15) is 93.3 Å². The van der Waals surface area contributed by atoms with Crippen LogP contribution >= 0.6 is 0 Å². The molecule has 1 N–H and O–H groups in total. The highest BCUT2D eigenvalue weighted by Gasteiger charge is 2.49. The van der Waals surface area contributed by atoms with Crippen LogP contribution in [-0.2, 0) is 5.41 Å². The Bertz CT molecular complexity index is 427. The number of nitrogens with zero attached hydrogens (tertiary/aromatic N) is 1. The SMILES string of the molecule is CCCCC(C)(C)C(C(C)(C)CCC)C(C)(C)c1ncc[nH]1. The smallest absolute Gasteiger partial charge is 0.112 e. The zero-order chi connectivity index (χ0) is 17.0. The molecule has 1 atom stereocenters. The van der Waals surface area contributed by atoms with Crippen molar-refractivity contribution in [3.8, 4) is 0 Å². The lowest BCUT2D eigenvalue weighted by Crippen LogP contribution is -2.48. The monoisotopic (exact) mass is 306 g/mol. The molecule has 22 heavy (non-hydrogen) atoms. The molecule has 0 amide bonds. The first-order chi connectivity index (χ1) is 10.1. The number of imidazole rings is 1. The van der Waals surface area contributed by atoms with E-state index in [1.165, 1.54) is 32.1 Å². The van der Waals surface area contributed by atoms with E-state index in [1.54, 1.807) is 0 Å². The Morgan fingerprint density at radius 1 is 0.955 bits per heavy atom. The first kappa shape index (κ1) is 19.3. The van der Waals surface area contributed by atoms with Gasteiger partial charge in [-0.2, -0.15) is 0 Å². The maximum Gasteiger partial charge on any atom is 0.112 e. The number of hydrogen-bond acceptors (Lipinski definition) is 1. The second-order valence-corrected chi connectivity index (χ2v) is 8.92. The van der Waals surface area contributed by atoms with Crippen molar-refractivity contribution in [3.63, 3.8) is 0 Å². The van der Waals surface area contributed by atoms with Gasteiger partial charge in [0.25, 0.3) is 0 Å². The van der Waals surface area contributed by atoms with E-state index in [1.807, 2.05) is 12.4 Å². The summed E-state index contributed by atoms with van der Waals surface area (Å²) < 4.78 is 0. The lowest BCUT2D eigenvalue weighted by atomic mass is 9.52. The van der Waals surface area contributed by atoms with Gasteiger partial charge in [-0.15, -0.1) is 0 Å². The van der Waals surface area contributed by atoms with Gasteiger partial charge >= 0.3 is 0 Å². The van der Waals surface area contributed by atoms with Gasteiger partial charge in [0.05, 0.1) is 0 Å². The Kier molecular flexibility index (Phi) is 6.29. The summed E-state index contributed by atoms with van der Waals surface area (Å²) in [4.78, 5) is 8.01. The normalized spacial score (nSPS) is 15.1. The van der Waals surface area contributed by atoms with Crippen molar-refractivity contribution < 1.29 is 0 Å². The summed E-state index contributed by atoms with van der Waals surface area (Å²) in [5, 5.41) is 0. The molecule has 1 rings (SSSR count). The molecule has 0 saturated heterocycles. The third kappa shape index (κ3) is 4.14. The van der Waals surface area contributed by atoms with Crippen LogP contribution in [-0.4, -0.2) is 9.97 Å². The molecule has 128 valence electrons. The molecule has 1 aromatic rings. The highest BCUT2D eigenvalue weighted by Crippen LogP contribution is 2.54. The molecule has 0 saturated carbocycles. The molecular weight excluding hydrogens is 268 g/mol. The lowest BCUT2D eigenvalue weighted by molar-refractivity contribution is -0.00397. The van der Waals surface area contributed by atoms with Gasteiger partial charge in [-0.05, 0) is 29.6 Å². The van der Waals surface area contributed by atoms with Crippen molar-refractivity contribution in [1.29, 1.82) is 0 Å². The molecule has 0 aromatic carbocycles. The minimum absolute atomic E-state index is 0.0411. The topological polar surface area (TPSA) is 28.7 Å². The summed E-state index contributed by atoms with van der Waals surface area (Å²) in [6.45, 7) is 19.2. The molecule has 1 unspecified atom stereocenters. The Hall–Kier alpha value is -0.790. The number of rotatable bonds is 9. The molecule has 0 bridgehead atoms. The Balaban J connectivity index is 3.27. The van der Waals surface area contributed by atoms with Gasteiger partial charge in [-0.1, -0.05) is 74.7 Å². The number of unbranched alkanes of at least 4 members (excludes halogenated alkanes) is 1. The Morgan fingerprint density at radius 2 is 1.55 bits per heavy atom. The summed E-state index contributed by atoms with van der Waals surface area (Å²) in [7, 11) is 0. The van der Waals surface area contributed by atoms with Crippen LogP contribution in [0.15, 0.2) is 12.4 Å². The molecule has 0 aliphatic rings. The quantitative estimate of drug-likeness (QED) is 0.566. The van der Waals surface area contributed by atoms with Crippen LogP contribution < -0.4 is 0 Å². The zero-order valence-corrected chi connectivity index (χ0v) is 16.2. The molecule has 1 heterocycles. The Morgan fingerprint density at radius 3 is 2.00 bits per heavy atom.